The van der Waals surface area contributed by atoms with Crippen LogP contribution in [0.4, 0.5) is 5.69 Å². The summed E-state index contributed by atoms with van der Waals surface area (Å²) in [6, 6.07) is 1.97. The lowest BCUT2D eigenvalue weighted by Crippen LogP contribution is -2.32. The van der Waals surface area contributed by atoms with Gasteiger partial charge in [0, 0.05) is 23.9 Å². The monoisotopic (exact) mass is 321 g/mol. The number of aromatic nitrogens is 1. The highest BCUT2D eigenvalue weighted by Crippen LogP contribution is 2.36. The van der Waals surface area contributed by atoms with Crippen LogP contribution in [0.25, 0.3) is 10.2 Å². The van der Waals surface area contributed by atoms with Crippen LogP contribution in [0.2, 0.25) is 0 Å². The molecule has 1 amide bonds. The number of aliphatic hydroxyl groups is 1. The number of nitrogens with one attached hydrogen (secondary N) is 1. The van der Waals surface area contributed by atoms with Crippen LogP contribution in [-0.2, 0) is 17.8 Å². The van der Waals surface area contributed by atoms with Crippen molar-refractivity contribution in [3.05, 3.63) is 22.2 Å². The Balaban J connectivity index is 2.02. The predicted molar refractivity (Wildman–Crippen MR) is 86.0 cm³/mol. The van der Waals surface area contributed by atoms with Crippen LogP contribution in [0, 0.1) is 0 Å². The second kappa shape index (κ2) is 5.49. The van der Waals surface area contributed by atoms with Crippen LogP contribution in [0.3, 0.4) is 0 Å². The second-order valence-corrected chi connectivity index (χ2v) is 7.00. The Morgan fingerprint density at radius 3 is 3.09 bits per heavy atom. The van der Waals surface area contributed by atoms with E-state index in [2.05, 4.69) is 10.3 Å². The van der Waals surface area contributed by atoms with Gasteiger partial charge in [0.25, 0.3) is 5.91 Å². The van der Waals surface area contributed by atoms with Gasteiger partial charge in [-0.3, -0.25) is 4.79 Å². The lowest BCUT2D eigenvalue weighted by atomic mass is 9.95. The minimum Gasteiger partial charge on any atom is -0.397 e. The van der Waals surface area contributed by atoms with E-state index in [1.54, 1.807) is 0 Å². The highest BCUT2D eigenvalue weighted by atomic mass is 32.1. The predicted octanol–water partition coefficient (Wildman–Crippen LogP) is 1.45. The zero-order chi connectivity index (χ0) is 15.9. The standard InChI is InChI=1S/C15H19N3O3S/c1-15(2)6-10-8(7-21-15)5-9-11(16)12(22-14(9)18-10)13(20)17-3-4-19/h5,19H,3-4,6-7,16H2,1-2H3,(H,17,20). The van der Waals surface area contributed by atoms with Crippen LogP contribution in [-0.4, -0.2) is 34.8 Å². The van der Waals surface area contributed by atoms with E-state index in [9.17, 15) is 4.79 Å². The van der Waals surface area contributed by atoms with Crippen molar-refractivity contribution < 1.29 is 14.6 Å². The second-order valence-electron chi connectivity index (χ2n) is 6.00. The maximum absolute atomic E-state index is 12.1. The molecule has 1 aliphatic heterocycles. The van der Waals surface area contributed by atoms with E-state index in [-0.39, 0.29) is 24.7 Å². The van der Waals surface area contributed by atoms with Gasteiger partial charge in [-0.25, -0.2) is 4.98 Å². The van der Waals surface area contributed by atoms with Crippen LogP contribution < -0.4 is 11.1 Å². The van der Waals surface area contributed by atoms with Crippen molar-refractivity contribution in [3.8, 4) is 0 Å². The summed E-state index contributed by atoms with van der Waals surface area (Å²) in [5.74, 6) is -0.274. The van der Waals surface area contributed by atoms with Gasteiger partial charge in [-0.15, -0.1) is 11.3 Å². The third-order valence-corrected chi connectivity index (χ3v) is 4.82. The summed E-state index contributed by atoms with van der Waals surface area (Å²) >= 11 is 1.28. The van der Waals surface area contributed by atoms with Crippen molar-refractivity contribution in [2.45, 2.75) is 32.5 Å². The number of amides is 1. The molecule has 0 aliphatic carbocycles. The van der Waals surface area contributed by atoms with Gasteiger partial charge in [0.2, 0.25) is 0 Å². The fourth-order valence-electron chi connectivity index (χ4n) is 2.54. The number of thiophene rings is 1. The summed E-state index contributed by atoms with van der Waals surface area (Å²) < 4.78 is 5.80. The van der Waals surface area contributed by atoms with Crippen LogP contribution in [0.5, 0.6) is 0 Å². The first-order valence-electron chi connectivity index (χ1n) is 7.15. The number of carbonyl (C=O) groups is 1. The van der Waals surface area contributed by atoms with E-state index in [1.807, 2.05) is 19.9 Å². The average Bonchev–Trinajstić information content (AvgIpc) is 2.78. The average molecular weight is 321 g/mol. The molecule has 7 heteroatoms. The zero-order valence-electron chi connectivity index (χ0n) is 12.6. The van der Waals surface area contributed by atoms with E-state index in [0.717, 1.165) is 27.9 Å². The Morgan fingerprint density at radius 2 is 2.36 bits per heavy atom. The molecule has 0 unspecified atom stereocenters. The van der Waals surface area contributed by atoms with Gasteiger partial charge in [0.05, 0.1) is 30.2 Å². The molecule has 3 heterocycles. The van der Waals surface area contributed by atoms with Crippen molar-refractivity contribution in [3.63, 3.8) is 0 Å². The minimum atomic E-state index is -0.274. The van der Waals surface area contributed by atoms with Crippen LogP contribution in [0.15, 0.2) is 6.07 Å². The smallest absolute Gasteiger partial charge is 0.263 e. The van der Waals surface area contributed by atoms with Crippen LogP contribution in [0.1, 0.15) is 34.8 Å². The van der Waals surface area contributed by atoms with Crippen molar-refractivity contribution in [1.29, 1.82) is 0 Å². The van der Waals surface area contributed by atoms with Gasteiger partial charge in [-0.05, 0) is 19.9 Å². The Kier molecular flexibility index (Phi) is 3.80. The number of nitrogens with two attached hydrogens (primary N) is 1. The largest absolute Gasteiger partial charge is 0.397 e. The number of anilines is 1. The highest BCUT2D eigenvalue weighted by molar-refractivity contribution is 7.21. The summed E-state index contributed by atoms with van der Waals surface area (Å²) in [5.41, 5.74) is 8.35. The molecule has 1 aliphatic rings. The maximum Gasteiger partial charge on any atom is 0.263 e. The van der Waals surface area contributed by atoms with Crippen molar-refractivity contribution in [2.24, 2.45) is 0 Å². The molecular weight excluding hydrogens is 302 g/mol. The van der Waals surface area contributed by atoms with Gasteiger partial charge >= 0.3 is 0 Å². The van der Waals surface area contributed by atoms with Gasteiger partial charge < -0.3 is 20.9 Å². The number of hydrogen-bond donors (Lipinski definition) is 3. The topological polar surface area (TPSA) is 97.5 Å². The molecule has 0 bridgehead atoms. The number of nitrogen functional groups attached to an aromatic ring is 1. The highest BCUT2D eigenvalue weighted by Gasteiger charge is 2.28. The summed E-state index contributed by atoms with van der Waals surface area (Å²) in [7, 11) is 0. The molecule has 118 valence electrons. The maximum atomic E-state index is 12.1. The molecule has 2 aromatic heterocycles. The SMILES string of the molecule is CC1(C)Cc2nc3sc(C(=O)NCCO)c(N)c3cc2CO1. The fourth-order valence-corrected chi connectivity index (χ4v) is 3.56. The number of hydrogen-bond acceptors (Lipinski definition) is 6. The van der Waals surface area contributed by atoms with E-state index >= 15 is 0 Å². The molecule has 2 aromatic rings. The van der Waals surface area contributed by atoms with Gasteiger partial charge in [-0.2, -0.15) is 0 Å². The Bertz CT molecular complexity index is 739. The number of rotatable bonds is 3. The molecule has 0 spiro atoms. The molecule has 0 radical (unpaired) electrons. The first-order valence-corrected chi connectivity index (χ1v) is 7.97. The number of carbonyl (C=O) groups excluding carboxylic acids is 1. The molecular formula is C15H19N3O3S. The van der Waals surface area contributed by atoms with Crippen molar-refractivity contribution >= 4 is 33.1 Å². The number of aliphatic hydroxyl groups excluding tert-OH is 1. The molecule has 6 nitrogen and oxygen atoms in total. The Hall–Kier alpha value is -1.70. The van der Waals surface area contributed by atoms with Crippen molar-refractivity contribution in [2.75, 3.05) is 18.9 Å². The normalized spacial score (nSPS) is 16.5. The number of nitrogens with zero attached hydrogens (tertiary/aromatic N) is 1. The number of fused-ring (bicyclic) bond motifs is 2. The molecule has 3 rings (SSSR count). The summed E-state index contributed by atoms with van der Waals surface area (Å²) in [5, 5.41) is 12.2. The Morgan fingerprint density at radius 1 is 1.59 bits per heavy atom. The quantitative estimate of drug-likeness (QED) is 0.795. The summed E-state index contributed by atoms with van der Waals surface area (Å²) in [6.45, 7) is 4.69. The molecule has 0 saturated carbocycles. The van der Waals surface area contributed by atoms with Crippen LogP contribution >= 0.6 is 11.3 Å². The number of ether oxygens (including phenoxy) is 1. The molecule has 0 atom stereocenters. The van der Waals surface area contributed by atoms with E-state index in [4.69, 9.17) is 15.6 Å². The summed E-state index contributed by atoms with van der Waals surface area (Å²) in [6.07, 6.45) is 0.738. The lowest BCUT2D eigenvalue weighted by molar-refractivity contribution is -0.0411. The first-order chi connectivity index (χ1) is 10.4. The zero-order valence-corrected chi connectivity index (χ0v) is 13.4. The van der Waals surface area contributed by atoms with Gasteiger partial charge in [0.1, 0.15) is 9.71 Å². The third kappa shape index (κ3) is 2.67. The molecule has 0 aromatic carbocycles. The molecule has 0 saturated heterocycles. The molecule has 0 fully saturated rings. The lowest BCUT2D eigenvalue weighted by Gasteiger charge is -2.30. The molecule has 22 heavy (non-hydrogen) atoms. The third-order valence-electron chi connectivity index (χ3n) is 3.70. The number of pyridine rings is 1. The van der Waals surface area contributed by atoms with E-state index in [1.165, 1.54) is 11.3 Å². The fraction of sp³-hybridized carbons (Fsp3) is 0.467. The summed E-state index contributed by atoms with van der Waals surface area (Å²) in [4.78, 5) is 18.0. The van der Waals surface area contributed by atoms with Gasteiger partial charge in [-0.1, -0.05) is 0 Å². The first kappa shape index (κ1) is 15.2. The minimum absolute atomic E-state index is 0.102. The Labute approximate surface area is 132 Å². The molecule has 4 N–H and O–H groups in total. The van der Waals surface area contributed by atoms with E-state index in [0.29, 0.717) is 17.2 Å². The van der Waals surface area contributed by atoms with Gasteiger partial charge in [0.15, 0.2) is 0 Å². The van der Waals surface area contributed by atoms with E-state index < -0.39 is 0 Å². The van der Waals surface area contributed by atoms with Crippen molar-refractivity contribution in [1.82, 2.24) is 10.3 Å².